The zero-order chi connectivity index (χ0) is 19.8. The van der Waals surface area contributed by atoms with Crippen molar-refractivity contribution in [3.05, 3.63) is 63.2 Å². The highest BCUT2D eigenvalue weighted by atomic mass is 16.6. The first-order valence-electron chi connectivity index (χ1n) is 9.42. The molecule has 2 heterocycles. The van der Waals surface area contributed by atoms with Crippen LogP contribution in [0.25, 0.3) is 0 Å². The van der Waals surface area contributed by atoms with Gasteiger partial charge in [-0.3, -0.25) is 15.0 Å². The average Bonchev–Trinajstić information content (AvgIpc) is 2.72. The van der Waals surface area contributed by atoms with E-state index in [-0.39, 0.29) is 29.0 Å². The minimum Gasteiger partial charge on any atom is -0.493 e. The second-order valence-corrected chi connectivity index (χ2v) is 7.29. The number of hydrogen-bond acceptors (Lipinski definition) is 6. The summed E-state index contributed by atoms with van der Waals surface area (Å²) >= 11 is 0. The van der Waals surface area contributed by atoms with Crippen LogP contribution >= 0.6 is 0 Å². The molecule has 7 heteroatoms. The van der Waals surface area contributed by atoms with Gasteiger partial charge >= 0.3 is 0 Å². The molecule has 0 saturated carbocycles. The van der Waals surface area contributed by atoms with Gasteiger partial charge in [0.2, 0.25) is 0 Å². The van der Waals surface area contributed by atoms with E-state index in [1.807, 2.05) is 0 Å². The highest BCUT2D eigenvalue weighted by Gasteiger charge is 2.40. The van der Waals surface area contributed by atoms with Crippen LogP contribution in [-0.2, 0) is 11.2 Å². The van der Waals surface area contributed by atoms with Crippen LogP contribution in [-0.4, -0.2) is 36.7 Å². The van der Waals surface area contributed by atoms with Crippen molar-refractivity contribution in [1.29, 1.82) is 0 Å². The van der Waals surface area contributed by atoms with E-state index in [1.165, 1.54) is 11.1 Å². The van der Waals surface area contributed by atoms with Gasteiger partial charge in [0, 0.05) is 24.7 Å². The molecule has 0 unspecified atom stereocenters. The zero-order valence-electron chi connectivity index (χ0n) is 16.3. The largest absolute Gasteiger partial charge is 0.493 e. The van der Waals surface area contributed by atoms with Crippen LogP contribution in [0.1, 0.15) is 42.3 Å². The normalized spacial score (nSPS) is 24.2. The van der Waals surface area contributed by atoms with Crippen molar-refractivity contribution in [1.82, 2.24) is 4.90 Å². The molecular weight excluding hydrogens is 360 g/mol. The van der Waals surface area contributed by atoms with Crippen molar-refractivity contribution < 1.29 is 19.1 Å². The zero-order valence-corrected chi connectivity index (χ0v) is 16.3. The first-order valence-corrected chi connectivity index (χ1v) is 9.42. The van der Waals surface area contributed by atoms with Gasteiger partial charge in [-0.05, 0) is 60.7 Å². The number of nitrogens with zero attached hydrogens (tertiary/aromatic N) is 2. The first-order chi connectivity index (χ1) is 13.5. The Labute approximate surface area is 164 Å². The molecule has 0 spiro atoms. The minimum absolute atomic E-state index is 0.0699. The second-order valence-electron chi connectivity index (χ2n) is 7.29. The molecule has 1 fully saturated rings. The highest BCUT2D eigenvalue weighted by Crippen LogP contribution is 2.46. The molecule has 0 N–H and O–H groups in total. The summed E-state index contributed by atoms with van der Waals surface area (Å²) in [6.07, 6.45) is 1.61. The lowest BCUT2D eigenvalue weighted by Crippen LogP contribution is -2.45. The molecular formula is C21H24N2O5. The Morgan fingerprint density at radius 1 is 1.14 bits per heavy atom. The minimum atomic E-state index is -0.381. The van der Waals surface area contributed by atoms with E-state index in [0.717, 1.165) is 36.4 Å². The van der Waals surface area contributed by atoms with E-state index in [9.17, 15) is 10.1 Å². The maximum Gasteiger partial charge on any atom is 0.269 e. The molecule has 3 atom stereocenters. The van der Waals surface area contributed by atoms with Gasteiger partial charge in [-0.15, -0.1) is 0 Å². The predicted molar refractivity (Wildman–Crippen MR) is 104 cm³/mol. The Morgan fingerprint density at radius 3 is 2.46 bits per heavy atom. The number of ether oxygens (including phenoxy) is 3. The molecule has 2 aromatic carbocycles. The molecule has 0 amide bonds. The van der Waals surface area contributed by atoms with E-state index in [0.29, 0.717) is 0 Å². The van der Waals surface area contributed by atoms with Crippen LogP contribution in [0.3, 0.4) is 0 Å². The average molecular weight is 384 g/mol. The molecule has 148 valence electrons. The number of methoxy groups -OCH3 is 2. The van der Waals surface area contributed by atoms with E-state index in [2.05, 4.69) is 24.0 Å². The van der Waals surface area contributed by atoms with Crippen LogP contribution in [0.4, 0.5) is 5.69 Å². The maximum atomic E-state index is 11.0. The molecule has 4 rings (SSSR count). The molecule has 28 heavy (non-hydrogen) atoms. The first kappa shape index (κ1) is 18.7. The molecule has 7 nitrogen and oxygen atoms in total. The summed E-state index contributed by atoms with van der Waals surface area (Å²) < 4.78 is 17.2. The van der Waals surface area contributed by atoms with Crippen molar-refractivity contribution in [3.8, 4) is 11.5 Å². The third kappa shape index (κ3) is 3.21. The fraction of sp³-hybridized carbons (Fsp3) is 0.429. The molecule has 0 bridgehead atoms. The molecule has 2 aliphatic rings. The molecule has 0 aromatic heterocycles. The third-order valence-electron chi connectivity index (χ3n) is 5.65. The quantitative estimate of drug-likeness (QED) is 0.586. The van der Waals surface area contributed by atoms with Gasteiger partial charge < -0.3 is 14.2 Å². The van der Waals surface area contributed by atoms with E-state index in [4.69, 9.17) is 14.2 Å². The van der Waals surface area contributed by atoms with Crippen molar-refractivity contribution in [3.63, 3.8) is 0 Å². The monoisotopic (exact) mass is 384 g/mol. The predicted octanol–water partition coefficient (Wildman–Crippen LogP) is 4.02. The number of rotatable bonds is 4. The van der Waals surface area contributed by atoms with E-state index < -0.39 is 0 Å². The Morgan fingerprint density at radius 2 is 1.82 bits per heavy atom. The number of hydrogen-bond donors (Lipinski definition) is 0. The molecule has 0 radical (unpaired) electrons. The van der Waals surface area contributed by atoms with Crippen molar-refractivity contribution in [2.45, 2.75) is 38.1 Å². The van der Waals surface area contributed by atoms with E-state index in [1.54, 1.807) is 38.5 Å². The van der Waals surface area contributed by atoms with Gasteiger partial charge in [0.1, 0.15) is 6.23 Å². The molecule has 0 aliphatic carbocycles. The van der Waals surface area contributed by atoms with Crippen molar-refractivity contribution in [2.75, 3.05) is 20.8 Å². The second kappa shape index (κ2) is 7.41. The number of nitro benzene ring substituents is 1. The summed E-state index contributed by atoms with van der Waals surface area (Å²) in [5.74, 6) is 1.48. The standard InChI is InChI=1S/C21H24N2O5/c1-13-10-18-17-12-20(27-3)19(26-2)11-15(17)8-9-22(18)21(28-13)14-4-6-16(7-5-14)23(24)25/h4-7,11-13,18,21H,8-10H2,1-3H3/t13-,18-,21+/m0/s1. The van der Waals surface area contributed by atoms with Crippen molar-refractivity contribution >= 4 is 5.69 Å². The SMILES string of the molecule is COc1cc2c(cc1OC)[C@@H]1C[C@H](C)O[C@H](c3ccc([N+](=O)[O-])cc3)N1CC2. The lowest BCUT2D eigenvalue weighted by Gasteiger charge is -2.47. The topological polar surface area (TPSA) is 74.1 Å². The smallest absolute Gasteiger partial charge is 0.269 e. The lowest BCUT2D eigenvalue weighted by atomic mass is 9.87. The fourth-order valence-corrected chi connectivity index (χ4v) is 4.29. The maximum absolute atomic E-state index is 11.0. The summed E-state index contributed by atoms with van der Waals surface area (Å²) in [7, 11) is 3.30. The fourth-order valence-electron chi connectivity index (χ4n) is 4.29. The van der Waals surface area contributed by atoms with Crippen LogP contribution in [0.2, 0.25) is 0 Å². The summed E-state index contributed by atoms with van der Waals surface area (Å²) in [6.45, 7) is 2.92. The molecule has 2 aliphatic heterocycles. The van der Waals surface area contributed by atoms with Crippen LogP contribution in [0.15, 0.2) is 36.4 Å². The Kier molecular flexibility index (Phi) is 4.95. The van der Waals surface area contributed by atoms with Gasteiger partial charge in [0.15, 0.2) is 11.5 Å². The number of non-ortho nitro benzene ring substituents is 1. The van der Waals surface area contributed by atoms with Crippen LogP contribution in [0.5, 0.6) is 11.5 Å². The number of benzene rings is 2. The van der Waals surface area contributed by atoms with Gasteiger partial charge in [0.25, 0.3) is 5.69 Å². The molecule has 1 saturated heterocycles. The highest BCUT2D eigenvalue weighted by molar-refractivity contribution is 5.50. The number of fused-ring (bicyclic) bond motifs is 3. The third-order valence-corrected chi connectivity index (χ3v) is 5.65. The summed E-state index contributed by atoms with van der Waals surface area (Å²) in [5.41, 5.74) is 3.54. The van der Waals surface area contributed by atoms with Crippen LogP contribution in [0, 0.1) is 10.1 Å². The Hall–Kier alpha value is -2.64. The van der Waals surface area contributed by atoms with Gasteiger partial charge in [-0.2, -0.15) is 0 Å². The van der Waals surface area contributed by atoms with Crippen molar-refractivity contribution in [2.24, 2.45) is 0 Å². The van der Waals surface area contributed by atoms with Crippen LogP contribution < -0.4 is 9.47 Å². The number of nitro groups is 1. The summed E-state index contributed by atoms with van der Waals surface area (Å²) in [6, 6.07) is 11.0. The van der Waals surface area contributed by atoms with Gasteiger partial charge in [-0.1, -0.05) is 0 Å². The van der Waals surface area contributed by atoms with Gasteiger partial charge in [-0.25, -0.2) is 0 Å². The Bertz CT molecular complexity index is 883. The lowest BCUT2D eigenvalue weighted by molar-refractivity contribution is -0.384. The summed E-state index contributed by atoms with van der Waals surface area (Å²) in [5, 5.41) is 11.0. The summed E-state index contributed by atoms with van der Waals surface area (Å²) in [4.78, 5) is 12.9. The van der Waals surface area contributed by atoms with Gasteiger partial charge in [0.05, 0.1) is 25.2 Å². The Balaban J connectivity index is 1.70. The molecule has 2 aromatic rings. The van der Waals surface area contributed by atoms with E-state index >= 15 is 0 Å².